The first-order valence-electron chi connectivity index (χ1n) is 5.40. The smallest absolute Gasteiger partial charge is 0.106 e. The zero-order chi connectivity index (χ0) is 12.3. The largest absolute Gasteiger partial charge is 0.342 e. The highest BCUT2D eigenvalue weighted by Gasteiger charge is 2.07. The lowest BCUT2D eigenvalue weighted by Gasteiger charge is -2.01. The molecule has 0 saturated heterocycles. The third kappa shape index (κ3) is 3.09. The van der Waals surface area contributed by atoms with E-state index in [1.54, 1.807) is 6.20 Å². The summed E-state index contributed by atoms with van der Waals surface area (Å²) >= 11 is 9.56. The number of nitrogens with two attached hydrogens (primary N) is 1. The van der Waals surface area contributed by atoms with Gasteiger partial charge >= 0.3 is 0 Å². The molecule has 2 rings (SSSR count). The maximum atomic E-state index is 6.18. The molecule has 3 nitrogen and oxygen atoms in total. The van der Waals surface area contributed by atoms with Gasteiger partial charge in [0.05, 0.1) is 16.9 Å². The Morgan fingerprint density at radius 2 is 2.24 bits per heavy atom. The van der Waals surface area contributed by atoms with Crippen molar-refractivity contribution in [2.24, 2.45) is 5.73 Å². The number of benzene rings is 1. The van der Waals surface area contributed by atoms with Crippen molar-refractivity contribution >= 4 is 27.5 Å². The number of halogens is 2. The van der Waals surface area contributed by atoms with Crippen molar-refractivity contribution in [3.8, 4) is 11.3 Å². The van der Waals surface area contributed by atoms with Crippen LogP contribution in [0.2, 0.25) is 5.02 Å². The van der Waals surface area contributed by atoms with E-state index in [2.05, 4.69) is 25.9 Å². The van der Waals surface area contributed by atoms with Crippen LogP contribution in [0.15, 0.2) is 28.9 Å². The summed E-state index contributed by atoms with van der Waals surface area (Å²) < 4.78 is 0.967. The molecule has 1 heterocycles. The van der Waals surface area contributed by atoms with Crippen LogP contribution in [0, 0.1) is 0 Å². The lowest BCUT2D eigenvalue weighted by molar-refractivity contribution is 0.794. The lowest BCUT2D eigenvalue weighted by atomic mass is 10.2. The minimum absolute atomic E-state index is 0.676. The minimum atomic E-state index is 0.676. The second-order valence-corrected chi connectivity index (χ2v) is 5.08. The second-order valence-electron chi connectivity index (χ2n) is 3.76. The number of nitrogens with zero attached hydrogens (tertiary/aromatic N) is 1. The Morgan fingerprint density at radius 1 is 1.41 bits per heavy atom. The third-order valence-corrected chi connectivity index (χ3v) is 3.27. The van der Waals surface area contributed by atoms with Crippen LogP contribution in [0.4, 0.5) is 0 Å². The maximum absolute atomic E-state index is 6.18. The molecule has 0 aliphatic heterocycles. The van der Waals surface area contributed by atoms with E-state index < -0.39 is 0 Å². The third-order valence-electron chi connectivity index (χ3n) is 2.47. The van der Waals surface area contributed by atoms with Crippen LogP contribution in [0.5, 0.6) is 0 Å². The van der Waals surface area contributed by atoms with Crippen LogP contribution in [0.3, 0.4) is 0 Å². The molecule has 17 heavy (non-hydrogen) atoms. The zero-order valence-corrected chi connectivity index (χ0v) is 11.6. The normalized spacial score (nSPS) is 10.8. The molecule has 1 aromatic heterocycles. The molecule has 5 heteroatoms. The predicted octanol–water partition coefficient (Wildman–Crippen LogP) is 3.38. The maximum Gasteiger partial charge on any atom is 0.106 e. The van der Waals surface area contributed by atoms with E-state index in [4.69, 9.17) is 17.3 Å². The number of aromatic nitrogens is 2. The van der Waals surface area contributed by atoms with Crippen molar-refractivity contribution in [3.05, 3.63) is 39.7 Å². The highest BCUT2D eigenvalue weighted by atomic mass is 79.9. The van der Waals surface area contributed by atoms with E-state index >= 15 is 0 Å². The van der Waals surface area contributed by atoms with Gasteiger partial charge in [0.15, 0.2) is 0 Å². The Balaban J connectivity index is 2.24. The van der Waals surface area contributed by atoms with E-state index in [9.17, 15) is 0 Å². The van der Waals surface area contributed by atoms with Crippen LogP contribution in [0.25, 0.3) is 11.3 Å². The topological polar surface area (TPSA) is 54.7 Å². The Morgan fingerprint density at radius 3 is 2.94 bits per heavy atom. The first-order valence-corrected chi connectivity index (χ1v) is 6.57. The van der Waals surface area contributed by atoms with Crippen LogP contribution >= 0.6 is 27.5 Å². The van der Waals surface area contributed by atoms with Gasteiger partial charge in [0, 0.05) is 16.5 Å². The van der Waals surface area contributed by atoms with Crippen molar-refractivity contribution in [2.45, 2.75) is 12.8 Å². The summed E-state index contributed by atoms with van der Waals surface area (Å²) in [5.41, 5.74) is 7.37. The summed E-state index contributed by atoms with van der Waals surface area (Å²) in [6.07, 6.45) is 3.60. The standard InChI is InChI=1S/C12H13BrClN3/c13-8-3-4-9(10(14)6-8)11-7-16-12(17-11)2-1-5-15/h3-4,6-7H,1-2,5,15H2,(H,16,17). The lowest BCUT2D eigenvalue weighted by Crippen LogP contribution is -2.01. The highest BCUT2D eigenvalue weighted by Crippen LogP contribution is 2.29. The van der Waals surface area contributed by atoms with Crippen molar-refractivity contribution in [3.63, 3.8) is 0 Å². The summed E-state index contributed by atoms with van der Waals surface area (Å²) in [7, 11) is 0. The predicted molar refractivity (Wildman–Crippen MR) is 74.1 cm³/mol. The summed E-state index contributed by atoms with van der Waals surface area (Å²) in [5, 5.41) is 0.702. The molecule has 0 saturated carbocycles. The van der Waals surface area contributed by atoms with Gasteiger partial charge in [-0.05, 0) is 25.1 Å². The zero-order valence-electron chi connectivity index (χ0n) is 9.21. The molecule has 0 atom stereocenters. The molecule has 0 bridgehead atoms. The van der Waals surface area contributed by atoms with Crippen molar-refractivity contribution in [2.75, 3.05) is 6.54 Å². The average Bonchev–Trinajstić information content (AvgIpc) is 2.75. The van der Waals surface area contributed by atoms with Gasteiger partial charge in [0.1, 0.15) is 5.82 Å². The molecule has 0 fully saturated rings. The number of H-pyrrole nitrogens is 1. The van der Waals surface area contributed by atoms with Gasteiger partial charge < -0.3 is 10.7 Å². The van der Waals surface area contributed by atoms with E-state index in [1.807, 2.05) is 18.2 Å². The van der Waals surface area contributed by atoms with Gasteiger partial charge in [-0.25, -0.2) is 4.98 Å². The number of rotatable bonds is 4. The van der Waals surface area contributed by atoms with Gasteiger partial charge in [-0.2, -0.15) is 0 Å². The number of aryl methyl sites for hydroxylation is 1. The molecule has 0 radical (unpaired) electrons. The molecule has 90 valence electrons. The van der Waals surface area contributed by atoms with Crippen molar-refractivity contribution < 1.29 is 0 Å². The fourth-order valence-electron chi connectivity index (χ4n) is 1.60. The van der Waals surface area contributed by atoms with Gasteiger partial charge in [-0.15, -0.1) is 0 Å². The van der Waals surface area contributed by atoms with Crippen molar-refractivity contribution in [1.29, 1.82) is 0 Å². The van der Waals surface area contributed by atoms with E-state index in [-0.39, 0.29) is 0 Å². The highest BCUT2D eigenvalue weighted by molar-refractivity contribution is 9.10. The van der Waals surface area contributed by atoms with Crippen LogP contribution in [0.1, 0.15) is 12.2 Å². The molecule has 2 aromatic rings. The summed E-state index contributed by atoms with van der Waals surface area (Å²) in [6.45, 7) is 0.676. The number of aromatic amines is 1. The SMILES string of the molecule is NCCCc1ncc(-c2ccc(Br)cc2Cl)[nH]1. The number of nitrogens with one attached hydrogen (secondary N) is 1. The molecule has 0 amide bonds. The number of imidazole rings is 1. The molecule has 0 aliphatic rings. The fraction of sp³-hybridized carbons (Fsp3) is 0.250. The number of hydrogen-bond acceptors (Lipinski definition) is 2. The first kappa shape index (κ1) is 12.6. The summed E-state index contributed by atoms with van der Waals surface area (Å²) in [6, 6.07) is 5.80. The minimum Gasteiger partial charge on any atom is -0.342 e. The Kier molecular flexibility index (Phi) is 4.20. The molecule has 0 spiro atoms. The fourth-order valence-corrected chi connectivity index (χ4v) is 2.38. The first-order chi connectivity index (χ1) is 8.20. The van der Waals surface area contributed by atoms with Crippen molar-refractivity contribution in [1.82, 2.24) is 9.97 Å². The van der Waals surface area contributed by atoms with Crippen LogP contribution in [-0.2, 0) is 6.42 Å². The molecule has 0 unspecified atom stereocenters. The molecule has 3 N–H and O–H groups in total. The van der Waals surface area contributed by atoms with E-state index in [1.165, 1.54) is 0 Å². The van der Waals surface area contributed by atoms with Gasteiger partial charge in [0.2, 0.25) is 0 Å². The molecular formula is C12H13BrClN3. The summed E-state index contributed by atoms with van der Waals surface area (Å²) in [5.74, 6) is 0.949. The quantitative estimate of drug-likeness (QED) is 0.909. The summed E-state index contributed by atoms with van der Waals surface area (Å²) in [4.78, 5) is 7.57. The van der Waals surface area contributed by atoms with Gasteiger partial charge in [-0.1, -0.05) is 33.6 Å². The van der Waals surface area contributed by atoms with Crippen LogP contribution < -0.4 is 5.73 Å². The second kappa shape index (κ2) is 5.67. The Hall–Kier alpha value is -0.840. The van der Waals surface area contributed by atoms with E-state index in [0.29, 0.717) is 11.6 Å². The Bertz CT molecular complexity index is 510. The molecule has 0 aliphatic carbocycles. The number of hydrogen-bond donors (Lipinski definition) is 2. The van der Waals surface area contributed by atoms with E-state index in [0.717, 1.165) is 34.4 Å². The molecule has 1 aromatic carbocycles. The Labute approximate surface area is 114 Å². The average molecular weight is 315 g/mol. The van der Waals surface area contributed by atoms with Gasteiger partial charge in [-0.3, -0.25) is 0 Å². The monoisotopic (exact) mass is 313 g/mol. The van der Waals surface area contributed by atoms with Gasteiger partial charge in [0.25, 0.3) is 0 Å². The van der Waals surface area contributed by atoms with Crippen LogP contribution in [-0.4, -0.2) is 16.5 Å². The molecular weight excluding hydrogens is 302 g/mol.